The summed E-state index contributed by atoms with van der Waals surface area (Å²) >= 11 is 0. The molecule has 0 amide bonds. The molecule has 1 N–H and O–H groups in total. The van der Waals surface area contributed by atoms with Gasteiger partial charge in [-0.3, -0.25) is 9.59 Å². The molecule has 0 atom stereocenters. The van der Waals surface area contributed by atoms with Gasteiger partial charge >= 0.3 is 5.97 Å². The molecule has 66 valence electrons. The standard InChI is InChI=1S/C9H12O3/c1-2-3-4-5-6-8(10)7-9(11)12/h2-4H,1,5-7H2,(H,11,12)/b4-3-. The summed E-state index contributed by atoms with van der Waals surface area (Å²) in [5.74, 6) is -1.30. The van der Waals surface area contributed by atoms with Gasteiger partial charge in [0.1, 0.15) is 12.2 Å². The summed E-state index contributed by atoms with van der Waals surface area (Å²) in [5.41, 5.74) is 0. The molecule has 0 aromatic heterocycles. The van der Waals surface area contributed by atoms with Crippen molar-refractivity contribution in [1.82, 2.24) is 0 Å². The van der Waals surface area contributed by atoms with Gasteiger partial charge < -0.3 is 5.11 Å². The van der Waals surface area contributed by atoms with Gasteiger partial charge in [-0.15, -0.1) is 0 Å². The molecule has 0 unspecified atom stereocenters. The monoisotopic (exact) mass is 168 g/mol. The van der Waals surface area contributed by atoms with E-state index in [1.54, 1.807) is 18.2 Å². The smallest absolute Gasteiger partial charge is 0.310 e. The van der Waals surface area contributed by atoms with Gasteiger partial charge in [-0.1, -0.05) is 24.8 Å². The SMILES string of the molecule is C=C/C=C\CCC(=O)CC(=O)O. The summed E-state index contributed by atoms with van der Waals surface area (Å²) in [6.45, 7) is 3.46. The van der Waals surface area contributed by atoms with E-state index in [0.29, 0.717) is 6.42 Å². The van der Waals surface area contributed by atoms with E-state index < -0.39 is 5.97 Å². The normalized spacial score (nSPS) is 10.0. The summed E-state index contributed by atoms with van der Waals surface area (Å²) in [4.78, 5) is 20.8. The highest BCUT2D eigenvalue weighted by Crippen LogP contribution is 1.96. The number of carbonyl (C=O) groups is 2. The van der Waals surface area contributed by atoms with E-state index in [9.17, 15) is 9.59 Å². The Bertz CT molecular complexity index is 204. The Labute approximate surface area is 71.4 Å². The van der Waals surface area contributed by atoms with E-state index in [1.165, 1.54) is 0 Å². The zero-order valence-electron chi connectivity index (χ0n) is 6.82. The van der Waals surface area contributed by atoms with E-state index in [1.807, 2.05) is 0 Å². The third-order valence-electron chi connectivity index (χ3n) is 1.21. The Hall–Kier alpha value is -1.38. The third-order valence-corrected chi connectivity index (χ3v) is 1.21. The molecule has 0 saturated carbocycles. The van der Waals surface area contributed by atoms with Crippen LogP contribution in [0.5, 0.6) is 0 Å². The molecule has 0 saturated heterocycles. The Kier molecular flexibility index (Phi) is 5.61. The summed E-state index contributed by atoms with van der Waals surface area (Å²) in [5, 5.41) is 8.23. The number of aliphatic carboxylic acids is 1. The number of ketones is 1. The number of carbonyl (C=O) groups excluding carboxylic acids is 1. The highest BCUT2D eigenvalue weighted by molar-refractivity contribution is 5.94. The molecule has 0 spiro atoms. The van der Waals surface area contributed by atoms with Crippen molar-refractivity contribution in [2.45, 2.75) is 19.3 Å². The van der Waals surface area contributed by atoms with E-state index in [0.717, 1.165) is 0 Å². The largest absolute Gasteiger partial charge is 0.481 e. The molecule has 0 heterocycles. The fourth-order valence-corrected chi connectivity index (χ4v) is 0.694. The van der Waals surface area contributed by atoms with E-state index in [4.69, 9.17) is 5.11 Å². The summed E-state index contributed by atoms with van der Waals surface area (Å²) in [6.07, 6.45) is 5.62. The second kappa shape index (κ2) is 6.34. The number of carboxylic acids is 1. The van der Waals surface area contributed by atoms with Gasteiger partial charge in [-0.05, 0) is 6.42 Å². The van der Waals surface area contributed by atoms with Crippen molar-refractivity contribution >= 4 is 11.8 Å². The lowest BCUT2D eigenvalue weighted by Crippen LogP contribution is -2.05. The molecule has 12 heavy (non-hydrogen) atoms. The maximum atomic E-state index is 10.8. The Morgan fingerprint density at radius 1 is 1.42 bits per heavy atom. The molecule has 0 bridgehead atoms. The predicted molar refractivity (Wildman–Crippen MR) is 45.8 cm³/mol. The highest BCUT2D eigenvalue weighted by atomic mass is 16.4. The molecule has 3 heteroatoms. The lowest BCUT2D eigenvalue weighted by Gasteiger charge is -1.92. The zero-order valence-corrected chi connectivity index (χ0v) is 6.82. The van der Waals surface area contributed by atoms with Crippen LogP contribution >= 0.6 is 0 Å². The third kappa shape index (κ3) is 6.74. The Morgan fingerprint density at radius 3 is 2.58 bits per heavy atom. The van der Waals surface area contributed by atoms with E-state index >= 15 is 0 Å². The first-order chi connectivity index (χ1) is 5.66. The summed E-state index contributed by atoms with van der Waals surface area (Å²) < 4.78 is 0. The first-order valence-corrected chi connectivity index (χ1v) is 3.68. The van der Waals surface area contributed by atoms with Crippen LogP contribution in [0.15, 0.2) is 24.8 Å². The van der Waals surface area contributed by atoms with Crippen molar-refractivity contribution in [1.29, 1.82) is 0 Å². The van der Waals surface area contributed by atoms with Crippen LogP contribution in [-0.4, -0.2) is 16.9 Å². The van der Waals surface area contributed by atoms with Crippen LogP contribution in [0.2, 0.25) is 0 Å². The average molecular weight is 168 g/mol. The number of carboxylic acid groups (broad SMARTS) is 1. The van der Waals surface area contributed by atoms with Gasteiger partial charge in [-0.2, -0.15) is 0 Å². The molecule has 0 aliphatic carbocycles. The minimum absolute atomic E-state index is 0.240. The fraction of sp³-hybridized carbons (Fsp3) is 0.333. The minimum atomic E-state index is -1.06. The molecule has 0 radical (unpaired) electrons. The predicted octanol–water partition coefficient (Wildman–Crippen LogP) is 1.55. The lowest BCUT2D eigenvalue weighted by molar-refractivity contribution is -0.140. The first-order valence-electron chi connectivity index (χ1n) is 3.68. The van der Waals surface area contributed by atoms with Gasteiger partial charge in [0.25, 0.3) is 0 Å². The van der Waals surface area contributed by atoms with E-state index in [2.05, 4.69) is 6.58 Å². The zero-order chi connectivity index (χ0) is 9.40. The fourth-order valence-electron chi connectivity index (χ4n) is 0.694. The molecule has 0 aliphatic rings. The Morgan fingerprint density at radius 2 is 2.08 bits per heavy atom. The van der Waals surface area contributed by atoms with E-state index in [-0.39, 0.29) is 18.6 Å². The van der Waals surface area contributed by atoms with Crippen molar-refractivity contribution in [2.75, 3.05) is 0 Å². The summed E-state index contributed by atoms with van der Waals surface area (Å²) in [7, 11) is 0. The van der Waals surface area contributed by atoms with Crippen LogP contribution in [0.25, 0.3) is 0 Å². The van der Waals surface area contributed by atoms with Crippen LogP contribution < -0.4 is 0 Å². The van der Waals surface area contributed by atoms with Crippen molar-refractivity contribution in [2.24, 2.45) is 0 Å². The molecule has 3 nitrogen and oxygen atoms in total. The van der Waals surface area contributed by atoms with Crippen molar-refractivity contribution < 1.29 is 14.7 Å². The molecular formula is C9H12O3. The average Bonchev–Trinajstić information content (AvgIpc) is 1.97. The molecular weight excluding hydrogens is 156 g/mol. The van der Waals surface area contributed by atoms with Crippen LogP contribution in [0.3, 0.4) is 0 Å². The maximum Gasteiger partial charge on any atom is 0.310 e. The number of allylic oxidation sites excluding steroid dienone is 3. The maximum absolute atomic E-state index is 10.8. The number of hydrogen-bond donors (Lipinski definition) is 1. The lowest BCUT2D eigenvalue weighted by atomic mass is 10.1. The number of Topliss-reactive ketones (excluding diaryl/α,β-unsaturated/α-hetero) is 1. The highest BCUT2D eigenvalue weighted by Gasteiger charge is 2.05. The number of rotatable bonds is 6. The quantitative estimate of drug-likeness (QED) is 0.483. The van der Waals surface area contributed by atoms with Gasteiger partial charge in [0.2, 0.25) is 0 Å². The van der Waals surface area contributed by atoms with Gasteiger partial charge in [0.05, 0.1) is 0 Å². The first kappa shape index (κ1) is 10.6. The topological polar surface area (TPSA) is 54.4 Å². The second-order valence-electron chi connectivity index (χ2n) is 2.31. The van der Waals surface area contributed by atoms with Crippen molar-refractivity contribution in [3.63, 3.8) is 0 Å². The van der Waals surface area contributed by atoms with Crippen molar-refractivity contribution in [3.05, 3.63) is 24.8 Å². The molecule has 0 aromatic carbocycles. The van der Waals surface area contributed by atoms with Gasteiger partial charge in [0.15, 0.2) is 0 Å². The molecule has 0 rings (SSSR count). The van der Waals surface area contributed by atoms with Crippen LogP contribution in [0, 0.1) is 0 Å². The van der Waals surface area contributed by atoms with Crippen molar-refractivity contribution in [3.8, 4) is 0 Å². The molecule has 0 aliphatic heterocycles. The Balaban J connectivity index is 3.50. The second-order valence-corrected chi connectivity index (χ2v) is 2.31. The molecule has 0 fully saturated rings. The van der Waals surface area contributed by atoms with Crippen LogP contribution in [0.4, 0.5) is 0 Å². The van der Waals surface area contributed by atoms with Crippen LogP contribution in [0.1, 0.15) is 19.3 Å². The number of hydrogen-bond acceptors (Lipinski definition) is 2. The van der Waals surface area contributed by atoms with Crippen LogP contribution in [-0.2, 0) is 9.59 Å². The molecule has 0 aromatic rings. The minimum Gasteiger partial charge on any atom is -0.481 e. The summed E-state index contributed by atoms with van der Waals surface area (Å²) in [6, 6.07) is 0. The van der Waals surface area contributed by atoms with Gasteiger partial charge in [-0.25, -0.2) is 0 Å². The van der Waals surface area contributed by atoms with Gasteiger partial charge in [0, 0.05) is 6.42 Å².